The third-order valence-electron chi connectivity index (χ3n) is 3.83. The maximum absolute atomic E-state index is 11.8. The van der Waals surface area contributed by atoms with Crippen molar-refractivity contribution in [2.75, 3.05) is 5.32 Å². The average molecular weight is 354 g/mol. The molecule has 23 heavy (non-hydrogen) atoms. The fraction of sp³-hybridized carbons (Fsp3) is 0.562. The number of primary amides is 1. The van der Waals surface area contributed by atoms with Crippen molar-refractivity contribution in [3.63, 3.8) is 0 Å². The Kier molecular flexibility index (Phi) is 5.75. The number of nitrogens with one attached hydrogen (secondary N) is 2. The van der Waals surface area contributed by atoms with Crippen LogP contribution in [0.2, 0.25) is 0 Å². The lowest BCUT2D eigenvalue weighted by atomic mass is 9.88. The van der Waals surface area contributed by atoms with Crippen molar-refractivity contribution in [3.8, 4) is 0 Å². The number of nitrogens with two attached hydrogens (primary N) is 1. The quantitative estimate of drug-likeness (QED) is 0.727. The molecule has 0 unspecified atom stereocenters. The van der Waals surface area contributed by atoms with Crippen LogP contribution in [-0.4, -0.2) is 16.9 Å². The van der Waals surface area contributed by atoms with E-state index in [1.807, 2.05) is 13.8 Å². The van der Waals surface area contributed by atoms with Gasteiger partial charge in [0.1, 0.15) is 5.00 Å². The summed E-state index contributed by atoms with van der Waals surface area (Å²) in [7, 11) is 0. The minimum Gasteiger partial charge on any atom is -0.365 e. The Morgan fingerprint density at radius 2 is 2.13 bits per heavy atom. The molecular weight excluding hydrogens is 330 g/mol. The zero-order chi connectivity index (χ0) is 17.1. The zero-order valence-corrected chi connectivity index (χ0v) is 15.3. The van der Waals surface area contributed by atoms with Gasteiger partial charge in [0.2, 0.25) is 5.91 Å². The van der Waals surface area contributed by atoms with Gasteiger partial charge >= 0.3 is 0 Å². The number of hydrogen-bond acceptors (Lipinski definition) is 4. The van der Waals surface area contributed by atoms with Gasteiger partial charge in [0.05, 0.1) is 5.56 Å². The lowest BCUT2D eigenvalue weighted by molar-refractivity contribution is -0.120. The minimum absolute atomic E-state index is 0.131. The summed E-state index contributed by atoms with van der Waals surface area (Å²) in [6.45, 7) is 6.14. The van der Waals surface area contributed by atoms with Gasteiger partial charge in [-0.2, -0.15) is 0 Å². The molecule has 1 aliphatic rings. The largest absolute Gasteiger partial charge is 0.365 e. The lowest BCUT2D eigenvalue weighted by Crippen LogP contribution is -2.35. The maximum Gasteiger partial charge on any atom is 0.251 e. The number of fused-ring (bicyclic) bond motifs is 1. The molecule has 1 aromatic rings. The van der Waals surface area contributed by atoms with E-state index in [-0.39, 0.29) is 16.9 Å². The van der Waals surface area contributed by atoms with E-state index in [0.717, 1.165) is 24.8 Å². The molecule has 1 atom stereocenters. The van der Waals surface area contributed by atoms with Crippen molar-refractivity contribution in [1.29, 1.82) is 0 Å². The van der Waals surface area contributed by atoms with E-state index in [1.165, 1.54) is 16.2 Å². The van der Waals surface area contributed by atoms with E-state index in [2.05, 4.69) is 17.6 Å². The summed E-state index contributed by atoms with van der Waals surface area (Å²) in [6, 6.07) is 0. The van der Waals surface area contributed by atoms with Gasteiger partial charge < -0.3 is 16.4 Å². The SMILES string of the molecule is CC(C)CC(=O)NC(=S)Nc1sc2c(c1C(N)=O)CC[C@H](C)C2. The van der Waals surface area contributed by atoms with Crippen molar-refractivity contribution >= 4 is 45.5 Å². The lowest BCUT2D eigenvalue weighted by Gasteiger charge is -2.18. The van der Waals surface area contributed by atoms with Crippen LogP contribution in [0.3, 0.4) is 0 Å². The van der Waals surface area contributed by atoms with Crippen LogP contribution in [0.5, 0.6) is 0 Å². The molecule has 1 aromatic heterocycles. The van der Waals surface area contributed by atoms with Gasteiger partial charge in [-0.3, -0.25) is 9.59 Å². The molecule has 1 aliphatic carbocycles. The van der Waals surface area contributed by atoms with Gasteiger partial charge in [0.25, 0.3) is 5.91 Å². The number of thiophene rings is 1. The highest BCUT2D eigenvalue weighted by Crippen LogP contribution is 2.39. The van der Waals surface area contributed by atoms with Gasteiger partial charge in [-0.25, -0.2) is 0 Å². The summed E-state index contributed by atoms with van der Waals surface area (Å²) in [4.78, 5) is 24.8. The molecule has 0 aromatic carbocycles. The molecule has 0 saturated carbocycles. The number of carbonyl (C=O) groups excluding carboxylic acids is 2. The molecular formula is C16H23N3O2S2. The summed E-state index contributed by atoms with van der Waals surface area (Å²) < 4.78 is 0. The Balaban J connectivity index is 2.15. The molecule has 2 amide bonds. The predicted octanol–water partition coefficient (Wildman–Crippen LogP) is 2.83. The molecule has 7 heteroatoms. The van der Waals surface area contributed by atoms with Gasteiger partial charge in [0, 0.05) is 11.3 Å². The summed E-state index contributed by atoms with van der Waals surface area (Å²) in [5.41, 5.74) is 7.12. The first-order chi connectivity index (χ1) is 10.8. The van der Waals surface area contributed by atoms with E-state index < -0.39 is 5.91 Å². The van der Waals surface area contributed by atoms with Crippen molar-refractivity contribution in [2.24, 2.45) is 17.6 Å². The Labute approximate surface area is 146 Å². The number of amides is 2. The molecule has 2 rings (SSSR count). The van der Waals surface area contributed by atoms with Crippen LogP contribution >= 0.6 is 23.6 Å². The smallest absolute Gasteiger partial charge is 0.251 e. The van der Waals surface area contributed by atoms with Crippen LogP contribution < -0.4 is 16.4 Å². The Bertz CT molecular complexity index is 638. The molecule has 1 heterocycles. The molecule has 0 saturated heterocycles. The van der Waals surface area contributed by atoms with Gasteiger partial charge in [0.15, 0.2) is 5.11 Å². The zero-order valence-electron chi connectivity index (χ0n) is 13.7. The summed E-state index contributed by atoms with van der Waals surface area (Å²) in [5, 5.41) is 6.49. The molecule has 126 valence electrons. The molecule has 0 radical (unpaired) electrons. The topological polar surface area (TPSA) is 84.2 Å². The number of carbonyl (C=O) groups is 2. The van der Waals surface area contributed by atoms with Crippen LogP contribution in [0.25, 0.3) is 0 Å². The molecule has 0 spiro atoms. The standard InChI is InChI=1S/C16H23N3O2S2/c1-8(2)6-12(20)18-16(22)19-15-13(14(17)21)10-5-4-9(3)7-11(10)23-15/h8-9H,4-7H2,1-3H3,(H2,17,21)(H2,18,19,20,22)/t9-/m0/s1. The van der Waals surface area contributed by atoms with E-state index >= 15 is 0 Å². The van der Waals surface area contributed by atoms with Crippen LogP contribution in [-0.2, 0) is 17.6 Å². The Hall–Kier alpha value is -1.47. The predicted molar refractivity (Wildman–Crippen MR) is 97.8 cm³/mol. The van der Waals surface area contributed by atoms with Crippen molar-refractivity contribution in [3.05, 3.63) is 16.0 Å². The number of thiocarbonyl (C=S) groups is 1. The first-order valence-corrected chi connectivity index (χ1v) is 9.05. The number of rotatable bonds is 4. The molecule has 0 aliphatic heterocycles. The van der Waals surface area contributed by atoms with Crippen molar-refractivity contribution in [1.82, 2.24) is 5.32 Å². The Morgan fingerprint density at radius 1 is 1.43 bits per heavy atom. The summed E-state index contributed by atoms with van der Waals surface area (Å²) >= 11 is 6.70. The van der Waals surface area contributed by atoms with E-state index in [9.17, 15) is 9.59 Å². The summed E-state index contributed by atoms with van der Waals surface area (Å²) in [6.07, 6.45) is 3.27. The van der Waals surface area contributed by atoms with Gasteiger partial charge in [-0.1, -0.05) is 20.8 Å². The first-order valence-electron chi connectivity index (χ1n) is 7.83. The van der Waals surface area contributed by atoms with Gasteiger partial charge in [-0.05, 0) is 48.9 Å². The number of anilines is 1. The second-order valence-electron chi connectivity index (χ2n) is 6.52. The normalized spacial score (nSPS) is 16.8. The molecule has 0 fully saturated rings. The molecule has 5 nitrogen and oxygen atoms in total. The molecule has 0 bridgehead atoms. The highest BCUT2D eigenvalue weighted by atomic mass is 32.1. The maximum atomic E-state index is 11.8. The molecule has 4 N–H and O–H groups in total. The van der Waals surface area contributed by atoms with Crippen LogP contribution in [0.1, 0.15) is 54.4 Å². The fourth-order valence-electron chi connectivity index (χ4n) is 2.78. The monoisotopic (exact) mass is 353 g/mol. The van der Waals surface area contributed by atoms with Crippen molar-refractivity contribution < 1.29 is 9.59 Å². The van der Waals surface area contributed by atoms with E-state index in [1.54, 1.807) is 0 Å². The van der Waals surface area contributed by atoms with Crippen LogP contribution in [0, 0.1) is 11.8 Å². The third-order valence-corrected chi connectivity index (χ3v) is 5.21. The first kappa shape index (κ1) is 17.9. The Morgan fingerprint density at radius 3 is 2.74 bits per heavy atom. The van der Waals surface area contributed by atoms with Crippen LogP contribution in [0.15, 0.2) is 0 Å². The van der Waals surface area contributed by atoms with Crippen LogP contribution in [0.4, 0.5) is 5.00 Å². The summed E-state index contributed by atoms with van der Waals surface area (Å²) in [5.74, 6) is 0.283. The number of hydrogen-bond donors (Lipinski definition) is 3. The minimum atomic E-state index is -0.448. The second-order valence-corrected chi connectivity index (χ2v) is 8.03. The second kappa shape index (κ2) is 7.40. The fourth-order valence-corrected chi connectivity index (χ4v) is 4.48. The van der Waals surface area contributed by atoms with Crippen molar-refractivity contribution in [2.45, 2.75) is 46.5 Å². The average Bonchev–Trinajstić information content (AvgIpc) is 2.73. The van der Waals surface area contributed by atoms with E-state index in [0.29, 0.717) is 22.9 Å². The highest BCUT2D eigenvalue weighted by molar-refractivity contribution is 7.80. The van der Waals surface area contributed by atoms with Gasteiger partial charge in [-0.15, -0.1) is 11.3 Å². The third kappa shape index (κ3) is 4.51. The highest BCUT2D eigenvalue weighted by Gasteiger charge is 2.26. The van der Waals surface area contributed by atoms with E-state index in [4.69, 9.17) is 18.0 Å².